The zero-order valence-corrected chi connectivity index (χ0v) is 9.27. The summed E-state index contributed by atoms with van der Waals surface area (Å²) in [7, 11) is 0. The van der Waals surface area contributed by atoms with Crippen molar-refractivity contribution in [1.82, 2.24) is 15.4 Å². The number of nitrogens with zero attached hydrogens (tertiary/aromatic N) is 2. The van der Waals surface area contributed by atoms with Crippen molar-refractivity contribution >= 4 is 5.91 Å². The zero-order valence-electron chi connectivity index (χ0n) is 9.27. The highest BCUT2D eigenvalue weighted by atomic mass is 16.5. The summed E-state index contributed by atoms with van der Waals surface area (Å²) in [5.41, 5.74) is 1.28. The molecule has 2 aliphatic rings. The Balaban J connectivity index is 1.79. The SMILES string of the molecule is Cc1nocc1C(=O)N1C[C@@H]2CN[C@@H](C2)C1. The third-order valence-electron chi connectivity index (χ3n) is 3.50. The Labute approximate surface area is 93.8 Å². The van der Waals surface area contributed by atoms with Crippen molar-refractivity contribution in [3.63, 3.8) is 0 Å². The minimum Gasteiger partial charge on any atom is -0.364 e. The molecule has 5 nitrogen and oxygen atoms in total. The van der Waals surface area contributed by atoms with E-state index in [0.29, 0.717) is 23.2 Å². The van der Waals surface area contributed by atoms with E-state index in [1.807, 2.05) is 4.90 Å². The van der Waals surface area contributed by atoms with E-state index in [1.54, 1.807) is 6.92 Å². The van der Waals surface area contributed by atoms with E-state index in [1.165, 1.54) is 12.7 Å². The Hall–Kier alpha value is -1.36. The summed E-state index contributed by atoms with van der Waals surface area (Å²) < 4.78 is 4.81. The molecule has 0 aliphatic carbocycles. The van der Waals surface area contributed by atoms with E-state index >= 15 is 0 Å². The first-order valence-electron chi connectivity index (χ1n) is 5.67. The molecule has 2 atom stereocenters. The van der Waals surface area contributed by atoms with Crippen LogP contribution < -0.4 is 5.32 Å². The van der Waals surface area contributed by atoms with Crippen molar-refractivity contribution in [2.75, 3.05) is 19.6 Å². The van der Waals surface area contributed by atoms with Crippen molar-refractivity contribution in [3.05, 3.63) is 17.5 Å². The lowest BCUT2D eigenvalue weighted by Crippen LogP contribution is -2.44. The second-order valence-electron chi connectivity index (χ2n) is 4.73. The van der Waals surface area contributed by atoms with Gasteiger partial charge in [0.2, 0.25) is 0 Å². The lowest BCUT2D eigenvalue weighted by Gasteiger charge is -2.30. The van der Waals surface area contributed by atoms with Gasteiger partial charge in [-0.3, -0.25) is 4.79 Å². The van der Waals surface area contributed by atoms with E-state index < -0.39 is 0 Å². The van der Waals surface area contributed by atoms with Crippen LogP contribution in [0.15, 0.2) is 10.8 Å². The number of carbonyl (C=O) groups excluding carboxylic acids is 1. The summed E-state index contributed by atoms with van der Waals surface area (Å²) in [6.45, 7) is 4.50. The fraction of sp³-hybridized carbons (Fsp3) is 0.636. The topological polar surface area (TPSA) is 58.4 Å². The van der Waals surface area contributed by atoms with Gasteiger partial charge in [0, 0.05) is 25.7 Å². The Kier molecular flexibility index (Phi) is 2.21. The molecule has 86 valence electrons. The molecule has 16 heavy (non-hydrogen) atoms. The zero-order chi connectivity index (χ0) is 11.1. The smallest absolute Gasteiger partial charge is 0.259 e. The van der Waals surface area contributed by atoms with E-state index in [4.69, 9.17) is 4.52 Å². The minimum absolute atomic E-state index is 0.0529. The first kappa shape index (κ1) is 9.84. The molecule has 1 aromatic heterocycles. The third-order valence-corrected chi connectivity index (χ3v) is 3.50. The van der Waals surface area contributed by atoms with Gasteiger partial charge < -0.3 is 14.7 Å². The Morgan fingerprint density at radius 2 is 2.50 bits per heavy atom. The maximum absolute atomic E-state index is 12.2. The van der Waals surface area contributed by atoms with Gasteiger partial charge >= 0.3 is 0 Å². The molecule has 0 aromatic carbocycles. The van der Waals surface area contributed by atoms with Gasteiger partial charge in [-0.05, 0) is 19.3 Å². The number of carbonyl (C=O) groups is 1. The summed E-state index contributed by atoms with van der Waals surface area (Å²) in [6, 6.07) is 0.475. The molecule has 1 aromatic rings. The monoisotopic (exact) mass is 221 g/mol. The van der Waals surface area contributed by atoms with Crippen molar-refractivity contribution in [3.8, 4) is 0 Å². The van der Waals surface area contributed by atoms with Crippen molar-refractivity contribution < 1.29 is 9.32 Å². The van der Waals surface area contributed by atoms with Crippen LogP contribution in [0.4, 0.5) is 0 Å². The number of nitrogens with one attached hydrogen (secondary N) is 1. The summed E-state index contributed by atoms with van der Waals surface area (Å²) >= 11 is 0. The lowest BCUT2D eigenvalue weighted by atomic mass is 9.99. The predicted molar refractivity (Wildman–Crippen MR) is 57.0 cm³/mol. The number of piperidine rings is 1. The van der Waals surface area contributed by atoms with Gasteiger partial charge in [0.1, 0.15) is 11.8 Å². The van der Waals surface area contributed by atoms with Gasteiger partial charge in [0.15, 0.2) is 0 Å². The molecular formula is C11H15N3O2. The van der Waals surface area contributed by atoms with Crippen LogP contribution in [0.25, 0.3) is 0 Å². The summed E-state index contributed by atoms with van der Waals surface area (Å²) in [5, 5.41) is 7.18. The normalized spacial score (nSPS) is 28.4. The van der Waals surface area contributed by atoms with Crippen LogP contribution in [-0.4, -0.2) is 41.6 Å². The van der Waals surface area contributed by atoms with Gasteiger partial charge in [0.25, 0.3) is 5.91 Å². The second kappa shape index (κ2) is 3.59. The Morgan fingerprint density at radius 1 is 1.62 bits per heavy atom. The molecule has 0 spiro atoms. The van der Waals surface area contributed by atoms with Gasteiger partial charge in [-0.2, -0.15) is 0 Å². The number of hydrogen-bond donors (Lipinski definition) is 1. The Morgan fingerprint density at radius 3 is 3.19 bits per heavy atom. The van der Waals surface area contributed by atoms with Crippen molar-refractivity contribution in [2.45, 2.75) is 19.4 Å². The number of aryl methyl sites for hydroxylation is 1. The standard InChI is InChI=1S/C11H15N3O2/c1-7-10(6-16-13-7)11(15)14-4-8-2-9(5-14)12-3-8/h6,8-9,12H,2-5H2,1H3/t8-,9-/m0/s1. The third kappa shape index (κ3) is 1.51. The fourth-order valence-corrected chi connectivity index (χ4v) is 2.67. The second-order valence-corrected chi connectivity index (χ2v) is 4.73. The van der Waals surface area contributed by atoms with Gasteiger partial charge in [-0.15, -0.1) is 0 Å². The molecule has 5 heteroatoms. The first-order valence-corrected chi connectivity index (χ1v) is 5.67. The highest BCUT2D eigenvalue weighted by Crippen LogP contribution is 2.23. The Bertz CT molecular complexity index is 403. The van der Waals surface area contributed by atoms with Crippen LogP contribution in [0.5, 0.6) is 0 Å². The number of hydrogen-bond acceptors (Lipinski definition) is 4. The molecule has 1 N–H and O–H groups in total. The first-order chi connectivity index (χ1) is 7.74. The molecule has 2 aliphatic heterocycles. The number of fused-ring (bicyclic) bond motifs is 2. The van der Waals surface area contributed by atoms with E-state index in [2.05, 4.69) is 10.5 Å². The van der Waals surface area contributed by atoms with Gasteiger partial charge in [-0.1, -0.05) is 5.16 Å². The van der Waals surface area contributed by atoms with Gasteiger partial charge in [0.05, 0.1) is 5.69 Å². The van der Waals surface area contributed by atoms with Crippen LogP contribution in [0.2, 0.25) is 0 Å². The molecule has 3 rings (SSSR count). The quantitative estimate of drug-likeness (QED) is 0.746. The largest absolute Gasteiger partial charge is 0.364 e. The number of aromatic nitrogens is 1. The molecule has 3 heterocycles. The summed E-state index contributed by atoms with van der Waals surface area (Å²) in [6.07, 6.45) is 2.65. The van der Waals surface area contributed by atoms with Crippen LogP contribution in [-0.2, 0) is 0 Å². The molecule has 0 saturated carbocycles. The summed E-state index contributed by atoms with van der Waals surface area (Å²) in [4.78, 5) is 14.1. The maximum Gasteiger partial charge on any atom is 0.259 e. The van der Waals surface area contributed by atoms with E-state index in [-0.39, 0.29) is 5.91 Å². The predicted octanol–water partition coefficient (Wildman–Crippen LogP) is 0.417. The van der Waals surface area contributed by atoms with Crippen LogP contribution in [0, 0.1) is 12.8 Å². The average molecular weight is 221 g/mol. The molecule has 0 unspecified atom stereocenters. The van der Waals surface area contributed by atoms with E-state index in [0.717, 1.165) is 19.6 Å². The van der Waals surface area contributed by atoms with Gasteiger partial charge in [-0.25, -0.2) is 0 Å². The maximum atomic E-state index is 12.2. The van der Waals surface area contributed by atoms with Crippen LogP contribution in [0.3, 0.4) is 0 Å². The van der Waals surface area contributed by atoms with Crippen LogP contribution >= 0.6 is 0 Å². The van der Waals surface area contributed by atoms with E-state index in [9.17, 15) is 4.79 Å². The number of likely N-dealkylation sites (tertiary alicyclic amines) is 1. The molecule has 2 saturated heterocycles. The highest BCUT2D eigenvalue weighted by Gasteiger charge is 2.35. The molecular weight excluding hydrogens is 206 g/mol. The number of rotatable bonds is 1. The number of amides is 1. The van der Waals surface area contributed by atoms with Crippen LogP contribution in [0.1, 0.15) is 22.5 Å². The highest BCUT2D eigenvalue weighted by molar-refractivity contribution is 5.94. The molecule has 0 radical (unpaired) electrons. The average Bonchev–Trinajstić information content (AvgIpc) is 2.84. The minimum atomic E-state index is 0.0529. The van der Waals surface area contributed by atoms with Crippen molar-refractivity contribution in [1.29, 1.82) is 0 Å². The molecule has 2 bridgehead atoms. The molecule has 2 fully saturated rings. The lowest BCUT2D eigenvalue weighted by molar-refractivity contribution is 0.0690. The van der Waals surface area contributed by atoms with Crippen molar-refractivity contribution in [2.24, 2.45) is 5.92 Å². The fourth-order valence-electron chi connectivity index (χ4n) is 2.67. The summed E-state index contributed by atoms with van der Waals surface area (Å²) in [5.74, 6) is 0.667. The molecule has 1 amide bonds.